The summed E-state index contributed by atoms with van der Waals surface area (Å²) in [6.45, 7) is 2.42. The molecule has 1 fully saturated rings. The number of hydrogen-bond donors (Lipinski definition) is 1. The Morgan fingerprint density at radius 3 is 2.67 bits per heavy atom. The van der Waals surface area contributed by atoms with Gasteiger partial charge in [0.05, 0.1) is 6.54 Å². The van der Waals surface area contributed by atoms with Crippen molar-refractivity contribution < 1.29 is 9.59 Å². The van der Waals surface area contributed by atoms with E-state index in [1.165, 1.54) is 4.90 Å². The third-order valence-electron chi connectivity index (χ3n) is 3.15. The Labute approximate surface area is 111 Å². The fourth-order valence-corrected chi connectivity index (χ4v) is 2.29. The lowest BCUT2D eigenvalue weighted by Crippen LogP contribution is -2.29. The highest BCUT2D eigenvalue weighted by Crippen LogP contribution is 2.25. The number of halogens is 1. The summed E-state index contributed by atoms with van der Waals surface area (Å²) < 4.78 is 0. The summed E-state index contributed by atoms with van der Waals surface area (Å²) in [4.78, 5) is 24.7. The number of rotatable bonds is 3. The first-order valence-corrected chi connectivity index (χ1v) is 6.22. The summed E-state index contributed by atoms with van der Waals surface area (Å²) in [5, 5.41) is 0.540. The molecular formula is C13H15ClN2O2. The van der Waals surface area contributed by atoms with E-state index >= 15 is 0 Å². The maximum atomic E-state index is 11.8. The van der Waals surface area contributed by atoms with Crippen LogP contribution in [0.15, 0.2) is 18.2 Å². The maximum Gasteiger partial charge on any atom is 0.232 e. The van der Waals surface area contributed by atoms with Gasteiger partial charge in [-0.15, -0.1) is 0 Å². The van der Waals surface area contributed by atoms with E-state index in [1.807, 2.05) is 12.1 Å². The number of carbonyl (C=O) groups is 2. The Morgan fingerprint density at radius 2 is 2.17 bits per heavy atom. The molecule has 0 spiro atoms. The molecule has 2 N–H and O–H groups in total. The summed E-state index contributed by atoms with van der Waals surface area (Å²) in [5.74, 6) is -0.481. The second kappa shape index (κ2) is 5.08. The smallest absolute Gasteiger partial charge is 0.232 e. The maximum absolute atomic E-state index is 11.8. The summed E-state index contributed by atoms with van der Waals surface area (Å²) in [7, 11) is 0. The normalized spacial score (nSPS) is 19.7. The third kappa shape index (κ3) is 2.40. The van der Waals surface area contributed by atoms with Crippen LogP contribution in [0.25, 0.3) is 0 Å². The third-order valence-corrected chi connectivity index (χ3v) is 3.50. The van der Waals surface area contributed by atoms with Gasteiger partial charge in [-0.1, -0.05) is 30.7 Å². The summed E-state index contributed by atoms with van der Waals surface area (Å²) >= 11 is 6.11. The number of nitrogens with two attached hydrogens (primary N) is 1. The number of carbonyl (C=O) groups excluding carboxylic acids is 2. The van der Waals surface area contributed by atoms with E-state index in [0.717, 1.165) is 11.1 Å². The van der Waals surface area contributed by atoms with Crippen molar-refractivity contribution in [3.63, 3.8) is 0 Å². The summed E-state index contributed by atoms with van der Waals surface area (Å²) in [6, 6.07) is 5.44. The largest absolute Gasteiger partial charge is 0.326 e. The fraction of sp³-hybridized carbons (Fsp3) is 0.385. The van der Waals surface area contributed by atoms with Gasteiger partial charge in [-0.3, -0.25) is 14.5 Å². The van der Waals surface area contributed by atoms with E-state index in [1.54, 1.807) is 13.0 Å². The second-order valence-corrected chi connectivity index (χ2v) is 4.96. The van der Waals surface area contributed by atoms with Gasteiger partial charge >= 0.3 is 0 Å². The van der Waals surface area contributed by atoms with Crippen LogP contribution in [-0.2, 0) is 22.7 Å². The van der Waals surface area contributed by atoms with Crippen LogP contribution in [0.2, 0.25) is 5.02 Å². The second-order valence-electron chi connectivity index (χ2n) is 4.55. The first kappa shape index (κ1) is 13.1. The average Bonchev–Trinajstić information content (AvgIpc) is 2.58. The highest BCUT2D eigenvalue weighted by Gasteiger charge is 2.35. The molecule has 1 saturated heterocycles. The van der Waals surface area contributed by atoms with Crippen LogP contribution < -0.4 is 5.73 Å². The van der Waals surface area contributed by atoms with Gasteiger partial charge in [0.1, 0.15) is 0 Å². The van der Waals surface area contributed by atoms with E-state index in [2.05, 4.69) is 0 Å². The molecule has 1 atom stereocenters. The van der Waals surface area contributed by atoms with Gasteiger partial charge in [0, 0.05) is 23.9 Å². The molecule has 5 heteroatoms. The Balaban J connectivity index is 2.19. The van der Waals surface area contributed by atoms with Crippen molar-refractivity contribution in [2.75, 3.05) is 0 Å². The monoisotopic (exact) mass is 266 g/mol. The topological polar surface area (TPSA) is 63.4 Å². The number of likely N-dealkylation sites (tertiary alicyclic amines) is 1. The van der Waals surface area contributed by atoms with Gasteiger partial charge in [0.2, 0.25) is 11.8 Å². The number of hydrogen-bond acceptors (Lipinski definition) is 3. The van der Waals surface area contributed by atoms with Crippen molar-refractivity contribution in [3.8, 4) is 0 Å². The molecule has 96 valence electrons. The van der Waals surface area contributed by atoms with Crippen molar-refractivity contribution in [3.05, 3.63) is 34.3 Å². The van der Waals surface area contributed by atoms with Crippen molar-refractivity contribution in [1.82, 2.24) is 4.90 Å². The number of benzene rings is 1. The molecule has 0 bridgehead atoms. The molecule has 0 saturated carbocycles. The van der Waals surface area contributed by atoms with Gasteiger partial charge in [-0.25, -0.2) is 0 Å². The molecule has 2 rings (SSSR count). The quantitative estimate of drug-likeness (QED) is 0.847. The van der Waals surface area contributed by atoms with Gasteiger partial charge in [-0.05, 0) is 17.2 Å². The predicted molar refractivity (Wildman–Crippen MR) is 68.7 cm³/mol. The van der Waals surface area contributed by atoms with Gasteiger partial charge < -0.3 is 5.73 Å². The van der Waals surface area contributed by atoms with Crippen molar-refractivity contribution in [1.29, 1.82) is 0 Å². The molecule has 1 aliphatic heterocycles. The van der Waals surface area contributed by atoms with Crippen LogP contribution in [-0.4, -0.2) is 16.7 Å². The zero-order valence-electron chi connectivity index (χ0n) is 10.1. The van der Waals surface area contributed by atoms with Crippen LogP contribution in [0.1, 0.15) is 24.5 Å². The minimum absolute atomic E-state index is 0.126. The fourth-order valence-electron chi connectivity index (χ4n) is 2.03. The molecule has 1 aromatic carbocycles. The average molecular weight is 267 g/mol. The Hall–Kier alpha value is -1.39. The van der Waals surface area contributed by atoms with Crippen molar-refractivity contribution in [2.45, 2.75) is 26.4 Å². The van der Waals surface area contributed by atoms with Crippen LogP contribution in [0.3, 0.4) is 0 Å². The summed E-state index contributed by atoms with van der Waals surface area (Å²) in [5.41, 5.74) is 7.21. The lowest BCUT2D eigenvalue weighted by Gasteiger charge is -2.15. The van der Waals surface area contributed by atoms with E-state index in [4.69, 9.17) is 17.3 Å². The SMILES string of the molecule is CC1CC(=O)N(Cc2ccc(CN)cc2Cl)C1=O. The number of amides is 2. The van der Waals surface area contributed by atoms with E-state index < -0.39 is 0 Å². The lowest BCUT2D eigenvalue weighted by molar-refractivity contribution is -0.139. The molecule has 4 nitrogen and oxygen atoms in total. The van der Waals surface area contributed by atoms with E-state index in [9.17, 15) is 9.59 Å². The molecule has 1 heterocycles. The molecule has 1 aromatic rings. The molecule has 2 amide bonds. The first-order chi connectivity index (χ1) is 8.52. The predicted octanol–water partition coefficient (Wildman–Crippen LogP) is 1.69. The van der Waals surface area contributed by atoms with Crippen LogP contribution in [0, 0.1) is 5.92 Å². The molecule has 0 aromatic heterocycles. The highest BCUT2D eigenvalue weighted by molar-refractivity contribution is 6.31. The Kier molecular flexibility index (Phi) is 3.68. The highest BCUT2D eigenvalue weighted by atomic mass is 35.5. The number of nitrogens with zero attached hydrogens (tertiary/aromatic N) is 1. The minimum atomic E-state index is -0.223. The van der Waals surface area contributed by atoms with E-state index in [0.29, 0.717) is 11.6 Å². The van der Waals surface area contributed by atoms with Crippen LogP contribution in [0.5, 0.6) is 0 Å². The van der Waals surface area contributed by atoms with Crippen LogP contribution in [0.4, 0.5) is 0 Å². The van der Waals surface area contributed by atoms with Gasteiger partial charge in [0.15, 0.2) is 0 Å². The molecule has 1 unspecified atom stereocenters. The molecular weight excluding hydrogens is 252 g/mol. The minimum Gasteiger partial charge on any atom is -0.326 e. The van der Waals surface area contributed by atoms with Crippen molar-refractivity contribution in [2.24, 2.45) is 11.7 Å². The molecule has 1 aliphatic rings. The van der Waals surface area contributed by atoms with Gasteiger partial charge in [0.25, 0.3) is 0 Å². The zero-order valence-corrected chi connectivity index (χ0v) is 10.9. The van der Waals surface area contributed by atoms with Crippen molar-refractivity contribution >= 4 is 23.4 Å². The van der Waals surface area contributed by atoms with Crippen LogP contribution >= 0.6 is 11.6 Å². The summed E-state index contributed by atoms with van der Waals surface area (Å²) in [6.07, 6.45) is 0.289. The Morgan fingerprint density at radius 1 is 1.44 bits per heavy atom. The lowest BCUT2D eigenvalue weighted by atomic mass is 10.1. The molecule has 0 aliphatic carbocycles. The first-order valence-electron chi connectivity index (χ1n) is 5.84. The zero-order chi connectivity index (χ0) is 13.3. The van der Waals surface area contributed by atoms with E-state index in [-0.39, 0.29) is 30.7 Å². The Bertz CT molecular complexity index is 502. The molecule has 0 radical (unpaired) electrons. The standard InChI is InChI=1S/C13H15ClN2O2/c1-8-4-12(17)16(13(8)18)7-10-3-2-9(6-15)5-11(10)14/h2-3,5,8H,4,6-7,15H2,1H3. The molecule has 18 heavy (non-hydrogen) atoms. The number of imide groups is 1. The van der Waals surface area contributed by atoms with Gasteiger partial charge in [-0.2, -0.15) is 0 Å².